The zero-order valence-corrected chi connectivity index (χ0v) is 36.6. The summed E-state index contributed by atoms with van der Waals surface area (Å²) in [5, 5.41) is 0. The molecule has 1 heterocycles. The molecule has 0 aliphatic carbocycles. The average Bonchev–Trinajstić information content (AvgIpc) is 3.57. The normalized spacial score (nSPS) is 15.0. The number of hydrogen-bond acceptors (Lipinski definition) is 5. The van der Waals surface area contributed by atoms with E-state index in [0.29, 0.717) is 24.8 Å². The van der Waals surface area contributed by atoms with Crippen LogP contribution in [0.25, 0.3) is 0 Å². The Morgan fingerprint density at radius 3 is 1.15 bits per heavy atom. The number of unbranched alkanes of at least 4 members (excludes halogenated alkanes) is 20. The number of nitrogens with zero attached hydrogens (tertiary/aromatic N) is 1. The molecule has 1 rings (SSSR count). The molecule has 0 spiro atoms. The van der Waals surface area contributed by atoms with Crippen LogP contribution < -0.4 is 0 Å². The summed E-state index contributed by atoms with van der Waals surface area (Å²) in [7, 11) is 2.25. The lowest BCUT2D eigenvalue weighted by Crippen LogP contribution is -2.26. The van der Waals surface area contributed by atoms with Gasteiger partial charge in [0, 0.05) is 18.9 Å². The first-order valence-electron chi connectivity index (χ1n) is 24.0. The van der Waals surface area contributed by atoms with Crippen molar-refractivity contribution in [3.05, 3.63) is 0 Å². The van der Waals surface area contributed by atoms with Gasteiger partial charge in [-0.2, -0.15) is 0 Å². The van der Waals surface area contributed by atoms with Crippen LogP contribution in [0.2, 0.25) is 0 Å². The van der Waals surface area contributed by atoms with Crippen LogP contribution in [0.5, 0.6) is 0 Å². The van der Waals surface area contributed by atoms with Gasteiger partial charge >= 0.3 is 11.9 Å². The minimum Gasteiger partial charge on any atom is -0.462 e. The molecule has 0 radical (unpaired) electrons. The minimum absolute atomic E-state index is 0.0181. The Kier molecular flexibility index (Phi) is 34.4. The van der Waals surface area contributed by atoms with Crippen LogP contribution in [-0.4, -0.2) is 48.7 Å². The number of rotatable bonds is 39. The number of hydrogen-bond donors (Lipinski definition) is 0. The Morgan fingerprint density at radius 2 is 0.830 bits per heavy atom. The highest BCUT2D eigenvalue weighted by Gasteiger charge is 2.24. The Hall–Kier alpha value is -1.10. The summed E-state index contributed by atoms with van der Waals surface area (Å²) in [5.74, 6) is 0.321. The molecule has 1 atom stereocenters. The van der Waals surface area contributed by atoms with Gasteiger partial charge in [0.2, 0.25) is 0 Å². The molecular formula is C48H93NO4. The lowest BCUT2D eigenvalue weighted by molar-refractivity contribution is -0.150. The highest BCUT2D eigenvalue weighted by atomic mass is 16.5. The zero-order chi connectivity index (χ0) is 38.6. The monoisotopic (exact) mass is 748 g/mol. The molecule has 1 fully saturated rings. The lowest BCUT2D eigenvalue weighted by Gasteiger charge is -2.24. The van der Waals surface area contributed by atoms with E-state index < -0.39 is 0 Å². The number of ether oxygens (including phenoxy) is 2. The summed E-state index contributed by atoms with van der Waals surface area (Å²) >= 11 is 0. The highest BCUT2D eigenvalue weighted by molar-refractivity contribution is 5.70. The van der Waals surface area contributed by atoms with Gasteiger partial charge in [-0.05, 0) is 109 Å². The van der Waals surface area contributed by atoms with Crippen molar-refractivity contribution in [1.29, 1.82) is 0 Å². The van der Waals surface area contributed by atoms with Crippen LogP contribution in [0.3, 0.4) is 0 Å². The SMILES string of the molecule is CCCCCCCCC(CCCCCCCC)OC(=O)CCC(CCC(=O)OC(CCCCCCCC)CCCCCCCC)CCC1CCCN1C. The molecule has 314 valence electrons. The third-order valence-corrected chi connectivity index (χ3v) is 12.2. The van der Waals surface area contributed by atoms with Gasteiger partial charge in [0.1, 0.15) is 12.2 Å². The third kappa shape index (κ3) is 29.8. The average molecular weight is 748 g/mol. The first-order valence-corrected chi connectivity index (χ1v) is 24.0. The maximum Gasteiger partial charge on any atom is 0.306 e. The van der Waals surface area contributed by atoms with Crippen LogP contribution in [0.15, 0.2) is 0 Å². The van der Waals surface area contributed by atoms with Crippen molar-refractivity contribution in [2.24, 2.45) is 5.92 Å². The second-order valence-electron chi connectivity index (χ2n) is 17.2. The molecule has 0 saturated carbocycles. The molecular weight excluding hydrogens is 655 g/mol. The van der Waals surface area contributed by atoms with E-state index in [9.17, 15) is 9.59 Å². The lowest BCUT2D eigenvalue weighted by atomic mass is 9.90. The molecule has 1 unspecified atom stereocenters. The van der Waals surface area contributed by atoms with Gasteiger partial charge in [0.25, 0.3) is 0 Å². The first kappa shape index (κ1) is 49.9. The van der Waals surface area contributed by atoms with E-state index in [1.165, 1.54) is 148 Å². The summed E-state index contributed by atoms with van der Waals surface area (Å²) in [6.45, 7) is 10.3. The summed E-state index contributed by atoms with van der Waals surface area (Å²) < 4.78 is 12.5. The molecule has 0 amide bonds. The fraction of sp³-hybridized carbons (Fsp3) is 0.958. The Bertz CT molecular complexity index is 731. The predicted octanol–water partition coefficient (Wildman–Crippen LogP) is 14.9. The maximum atomic E-state index is 13.3. The Morgan fingerprint density at radius 1 is 0.491 bits per heavy atom. The van der Waals surface area contributed by atoms with Crippen molar-refractivity contribution in [2.75, 3.05) is 13.6 Å². The summed E-state index contributed by atoms with van der Waals surface area (Å²) in [4.78, 5) is 29.2. The number of carbonyl (C=O) groups is 2. The molecule has 0 N–H and O–H groups in total. The second-order valence-corrected chi connectivity index (χ2v) is 17.2. The smallest absolute Gasteiger partial charge is 0.306 e. The maximum absolute atomic E-state index is 13.3. The van der Waals surface area contributed by atoms with Gasteiger partial charge < -0.3 is 14.4 Å². The van der Waals surface area contributed by atoms with Gasteiger partial charge in [-0.1, -0.05) is 156 Å². The van der Waals surface area contributed by atoms with E-state index in [-0.39, 0.29) is 24.1 Å². The fourth-order valence-electron chi connectivity index (χ4n) is 8.47. The van der Waals surface area contributed by atoms with Gasteiger partial charge in [0.15, 0.2) is 0 Å². The van der Waals surface area contributed by atoms with E-state index in [2.05, 4.69) is 39.6 Å². The highest BCUT2D eigenvalue weighted by Crippen LogP contribution is 2.28. The third-order valence-electron chi connectivity index (χ3n) is 12.2. The van der Waals surface area contributed by atoms with Crippen molar-refractivity contribution in [3.63, 3.8) is 0 Å². The first-order chi connectivity index (χ1) is 25.9. The van der Waals surface area contributed by atoms with Crippen LogP contribution >= 0.6 is 0 Å². The standard InChI is InChI=1S/C48H93NO4/c1-6-10-14-18-22-26-32-45(33-27-23-19-15-11-7-2)52-47(50)40-37-43(36-39-44-31-30-42-49(44)5)38-41-48(51)53-46(34-28-24-20-16-12-8-3)35-29-25-21-17-13-9-4/h43-46H,6-42H2,1-5H3. The molecule has 53 heavy (non-hydrogen) atoms. The molecule has 0 aromatic rings. The molecule has 1 aliphatic rings. The van der Waals surface area contributed by atoms with E-state index in [4.69, 9.17) is 9.47 Å². The van der Waals surface area contributed by atoms with E-state index in [1.807, 2.05) is 0 Å². The van der Waals surface area contributed by atoms with Gasteiger partial charge in [-0.3, -0.25) is 9.59 Å². The van der Waals surface area contributed by atoms with Crippen molar-refractivity contribution < 1.29 is 19.1 Å². The van der Waals surface area contributed by atoms with Crippen molar-refractivity contribution in [1.82, 2.24) is 4.90 Å². The predicted molar refractivity (Wildman–Crippen MR) is 229 cm³/mol. The zero-order valence-electron chi connectivity index (χ0n) is 36.6. The Balaban J connectivity index is 2.72. The summed E-state index contributed by atoms with van der Waals surface area (Å²) in [5.41, 5.74) is 0. The van der Waals surface area contributed by atoms with Gasteiger partial charge in [-0.25, -0.2) is 0 Å². The molecule has 1 saturated heterocycles. The molecule has 1 aliphatic heterocycles. The molecule has 0 bridgehead atoms. The second kappa shape index (κ2) is 36.5. The molecule has 5 heteroatoms. The number of esters is 2. The van der Waals surface area contributed by atoms with E-state index in [0.717, 1.165) is 77.0 Å². The van der Waals surface area contributed by atoms with Crippen molar-refractivity contribution in [2.45, 2.75) is 277 Å². The van der Waals surface area contributed by atoms with Crippen LogP contribution in [0.1, 0.15) is 259 Å². The molecule has 0 aromatic heterocycles. The van der Waals surface area contributed by atoms with Crippen molar-refractivity contribution in [3.8, 4) is 0 Å². The summed E-state index contributed by atoms with van der Waals surface area (Å²) in [6, 6.07) is 0.634. The quantitative estimate of drug-likeness (QED) is 0.0463. The topological polar surface area (TPSA) is 55.8 Å². The van der Waals surface area contributed by atoms with Crippen LogP contribution in [0, 0.1) is 5.92 Å². The summed E-state index contributed by atoms with van der Waals surface area (Å²) in [6.07, 6.45) is 42.0. The Labute approximate surface area is 331 Å². The van der Waals surface area contributed by atoms with Crippen molar-refractivity contribution >= 4 is 11.9 Å². The fourth-order valence-corrected chi connectivity index (χ4v) is 8.47. The molecule has 0 aromatic carbocycles. The largest absolute Gasteiger partial charge is 0.462 e. The van der Waals surface area contributed by atoms with Gasteiger partial charge in [-0.15, -0.1) is 0 Å². The van der Waals surface area contributed by atoms with Crippen LogP contribution in [0.4, 0.5) is 0 Å². The van der Waals surface area contributed by atoms with Crippen LogP contribution in [-0.2, 0) is 19.1 Å². The number of likely N-dealkylation sites (tertiary alicyclic amines) is 1. The van der Waals surface area contributed by atoms with E-state index >= 15 is 0 Å². The number of carbonyl (C=O) groups excluding carboxylic acids is 2. The van der Waals surface area contributed by atoms with Gasteiger partial charge in [0.05, 0.1) is 0 Å². The molecule has 5 nitrogen and oxygen atoms in total. The van der Waals surface area contributed by atoms with E-state index in [1.54, 1.807) is 0 Å². The minimum atomic E-state index is -0.0181.